The van der Waals surface area contributed by atoms with Crippen molar-refractivity contribution in [3.8, 4) is 0 Å². The average Bonchev–Trinajstić information content (AvgIpc) is 2.43. The molecule has 0 aromatic rings. The molecule has 3 heteroatoms. The number of allylic oxidation sites excluding steroid dienone is 1. The highest BCUT2D eigenvalue weighted by molar-refractivity contribution is 5.78. The molecule has 3 nitrogen and oxygen atoms in total. The van der Waals surface area contributed by atoms with E-state index in [0.717, 1.165) is 19.5 Å². The third kappa shape index (κ3) is 4.98. The Morgan fingerprint density at radius 1 is 1.37 bits per heavy atom. The zero-order valence-electron chi connectivity index (χ0n) is 12.3. The molecule has 1 aliphatic heterocycles. The van der Waals surface area contributed by atoms with Crippen molar-refractivity contribution in [1.82, 2.24) is 10.2 Å². The van der Waals surface area contributed by atoms with Crippen LogP contribution in [0.4, 0.5) is 0 Å². The Balaban J connectivity index is 1.62. The number of piperidine rings is 1. The predicted molar refractivity (Wildman–Crippen MR) is 79.1 cm³/mol. The predicted octanol–water partition coefficient (Wildman–Crippen LogP) is 2.87. The second kappa shape index (κ2) is 7.68. The maximum absolute atomic E-state index is 11.9. The first-order valence-corrected chi connectivity index (χ1v) is 7.94. The van der Waals surface area contributed by atoms with Gasteiger partial charge in [-0.3, -0.25) is 9.69 Å². The number of amides is 1. The normalized spacial score (nSPS) is 24.9. The van der Waals surface area contributed by atoms with E-state index in [1.54, 1.807) is 0 Å². The summed E-state index contributed by atoms with van der Waals surface area (Å²) in [6, 6.07) is 0.570. The molecule has 1 atom stereocenters. The molecular formula is C16H28N2O. The summed E-state index contributed by atoms with van der Waals surface area (Å²) in [7, 11) is 0. The molecule has 2 aliphatic rings. The van der Waals surface area contributed by atoms with Gasteiger partial charge in [-0.1, -0.05) is 18.1 Å². The number of hydrogen-bond donors (Lipinski definition) is 1. The highest BCUT2D eigenvalue weighted by Gasteiger charge is 2.20. The van der Waals surface area contributed by atoms with E-state index in [1.165, 1.54) is 50.5 Å². The highest BCUT2D eigenvalue weighted by atomic mass is 16.2. The van der Waals surface area contributed by atoms with E-state index in [1.807, 2.05) is 0 Å². The lowest BCUT2D eigenvalue weighted by atomic mass is 9.97. The van der Waals surface area contributed by atoms with Crippen molar-refractivity contribution in [2.24, 2.45) is 0 Å². The third-order valence-electron chi connectivity index (χ3n) is 4.44. The molecule has 0 aromatic carbocycles. The first kappa shape index (κ1) is 14.6. The van der Waals surface area contributed by atoms with Gasteiger partial charge >= 0.3 is 0 Å². The molecule has 1 amide bonds. The van der Waals surface area contributed by atoms with Crippen LogP contribution in [0.2, 0.25) is 0 Å². The third-order valence-corrected chi connectivity index (χ3v) is 4.44. The molecule has 2 rings (SSSR count). The summed E-state index contributed by atoms with van der Waals surface area (Å²) in [4.78, 5) is 14.2. The van der Waals surface area contributed by atoms with Crippen LogP contribution in [-0.2, 0) is 4.79 Å². The van der Waals surface area contributed by atoms with Gasteiger partial charge in [-0.25, -0.2) is 0 Å². The van der Waals surface area contributed by atoms with Crippen molar-refractivity contribution in [2.45, 2.75) is 64.3 Å². The second-order valence-corrected chi connectivity index (χ2v) is 6.02. The molecule has 19 heavy (non-hydrogen) atoms. The number of hydrogen-bond acceptors (Lipinski definition) is 2. The Bertz CT molecular complexity index is 325. The minimum atomic E-state index is 0.199. The van der Waals surface area contributed by atoms with Crippen LogP contribution in [-0.4, -0.2) is 36.5 Å². The van der Waals surface area contributed by atoms with E-state index in [9.17, 15) is 4.79 Å². The summed E-state index contributed by atoms with van der Waals surface area (Å²) in [5.74, 6) is 0.199. The van der Waals surface area contributed by atoms with Crippen molar-refractivity contribution in [3.05, 3.63) is 11.6 Å². The second-order valence-electron chi connectivity index (χ2n) is 6.02. The van der Waals surface area contributed by atoms with E-state index in [0.29, 0.717) is 12.6 Å². The lowest BCUT2D eigenvalue weighted by molar-refractivity contribution is -0.123. The standard InChI is InChI=1S/C16H28N2O/c1-14-7-5-6-12-18(14)13-16(19)17-11-10-15-8-3-2-4-9-15/h8,14H,2-7,9-13H2,1H3,(H,17,19)/t14-/m1/s1. The molecule has 1 heterocycles. The summed E-state index contributed by atoms with van der Waals surface area (Å²) in [6.45, 7) is 4.71. The van der Waals surface area contributed by atoms with Gasteiger partial charge in [-0.05, 0) is 58.4 Å². The van der Waals surface area contributed by atoms with Crippen LogP contribution in [0, 0.1) is 0 Å². The van der Waals surface area contributed by atoms with Crippen molar-refractivity contribution in [1.29, 1.82) is 0 Å². The number of rotatable bonds is 5. The summed E-state index contributed by atoms with van der Waals surface area (Å²) >= 11 is 0. The SMILES string of the molecule is C[C@@H]1CCCCN1CC(=O)NCCC1=CCCCC1. The number of carbonyl (C=O) groups excluding carboxylic acids is 1. The first-order valence-electron chi connectivity index (χ1n) is 7.94. The van der Waals surface area contributed by atoms with Gasteiger partial charge in [-0.2, -0.15) is 0 Å². The van der Waals surface area contributed by atoms with Crippen LogP contribution in [0.5, 0.6) is 0 Å². The lowest BCUT2D eigenvalue weighted by Crippen LogP contribution is -2.44. The topological polar surface area (TPSA) is 32.3 Å². The van der Waals surface area contributed by atoms with Crippen molar-refractivity contribution >= 4 is 5.91 Å². The molecule has 0 radical (unpaired) electrons. The van der Waals surface area contributed by atoms with Gasteiger partial charge < -0.3 is 5.32 Å². The lowest BCUT2D eigenvalue weighted by Gasteiger charge is -2.32. The van der Waals surface area contributed by atoms with Gasteiger partial charge in [0.15, 0.2) is 0 Å². The van der Waals surface area contributed by atoms with Crippen LogP contribution in [0.3, 0.4) is 0 Å². The molecule has 0 bridgehead atoms. The minimum Gasteiger partial charge on any atom is -0.355 e. The molecule has 108 valence electrons. The van der Waals surface area contributed by atoms with Crippen LogP contribution < -0.4 is 5.32 Å². The van der Waals surface area contributed by atoms with Crippen LogP contribution >= 0.6 is 0 Å². The zero-order chi connectivity index (χ0) is 13.5. The number of nitrogens with one attached hydrogen (secondary N) is 1. The number of nitrogens with zero attached hydrogens (tertiary/aromatic N) is 1. The van der Waals surface area contributed by atoms with E-state index < -0.39 is 0 Å². The molecule has 1 aliphatic carbocycles. The monoisotopic (exact) mass is 264 g/mol. The fourth-order valence-electron chi connectivity index (χ4n) is 3.13. The molecule has 1 fully saturated rings. The van der Waals surface area contributed by atoms with Crippen LogP contribution in [0.25, 0.3) is 0 Å². The summed E-state index contributed by atoms with van der Waals surface area (Å²) < 4.78 is 0. The molecule has 0 spiro atoms. The highest BCUT2D eigenvalue weighted by Crippen LogP contribution is 2.19. The first-order chi connectivity index (χ1) is 9.25. The largest absolute Gasteiger partial charge is 0.355 e. The summed E-state index contributed by atoms with van der Waals surface area (Å²) in [5, 5.41) is 3.08. The molecule has 0 unspecified atom stereocenters. The van der Waals surface area contributed by atoms with E-state index in [2.05, 4.69) is 23.2 Å². The van der Waals surface area contributed by atoms with Gasteiger partial charge in [0.25, 0.3) is 0 Å². The fourth-order valence-corrected chi connectivity index (χ4v) is 3.13. The Hall–Kier alpha value is -0.830. The van der Waals surface area contributed by atoms with Crippen molar-refractivity contribution in [2.75, 3.05) is 19.6 Å². The fraction of sp³-hybridized carbons (Fsp3) is 0.812. The minimum absolute atomic E-state index is 0.199. The summed E-state index contributed by atoms with van der Waals surface area (Å²) in [5.41, 5.74) is 1.54. The van der Waals surface area contributed by atoms with E-state index in [4.69, 9.17) is 0 Å². The molecule has 1 saturated heterocycles. The van der Waals surface area contributed by atoms with Crippen LogP contribution in [0.15, 0.2) is 11.6 Å². The van der Waals surface area contributed by atoms with Crippen LogP contribution in [0.1, 0.15) is 58.3 Å². The summed E-state index contributed by atoms with van der Waals surface area (Å²) in [6.07, 6.45) is 12.3. The molecule has 0 aromatic heterocycles. The Labute approximate surface area is 117 Å². The smallest absolute Gasteiger partial charge is 0.234 e. The Kier molecular flexibility index (Phi) is 5.90. The number of likely N-dealkylation sites (tertiary alicyclic amines) is 1. The van der Waals surface area contributed by atoms with Crippen molar-refractivity contribution in [3.63, 3.8) is 0 Å². The zero-order valence-corrected chi connectivity index (χ0v) is 12.3. The van der Waals surface area contributed by atoms with Gasteiger partial charge in [-0.15, -0.1) is 0 Å². The Morgan fingerprint density at radius 2 is 2.26 bits per heavy atom. The molecular weight excluding hydrogens is 236 g/mol. The maximum atomic E-state index is 11.9. The van der Waals surface area contributed by atoms with Gasteiger partial charge in [0.1, 0.15) is 0 Å². The van der Waals surface area contributed by atoms with Crippen molar-refractivity contribution < 1.29 is 4.79 Å². The maximum Gasteiger partial charge on any atom is 0.234 e. The van der Waals surface area contributed by atoms with E-state index >= 15 is 0 Å². The van der Waals surface area contributed by atoms with E-state index in [-0.39, 0.29) is 5.91 Å². The molecule has 1 N–H and O–H groups in total. The average molecular weight is 264 g/mol. The van der Waals surface area contributed by atoms with Gasteiger partial charge in [0, 0.05) is 12.6 Å². The van der Waals surface area contributed by atoms with Gasteiger partial charge in [0.2, 0.25) is 5.91 Å². The number of carbonyl (C=O) groups is 1. The molecule has 0 saturated carbocycles. The quantitative estimate of drug-likeness (QED) is 0.774. The Morgan fingerprint density at radius 3 is 3.00 bits per heavy atom. The van der Waals surface area contributed by atoms with Gasteiger partial charge in [0.05, 0.1) is 6.54 Å².